The molecule has 1 atom stereocenters. The number of aliphatic imine (C=N–C) groups is 1. The summed E-state index contributed by atoms with van der Waals surface area (Å²) in [7, 11) is 1.80. The van der Waals surface area contributed by atoms with Crippen LogP contribution in [-0.4, -0.2) is 25.3 Å². The van der Waals surface area contributed by atoms with Crippen LogP contribution in [0.5, 0.6) is 0 Å². The molecule has 0 bridgehead atoms. The molecule has 0 fully saturated rings. The van der Waals surface area contributed by atoms with Crippen molar-refractivity contribution in [2.45, 2.75) is 37.8 Å². The van der Waals surface area contributed by atoms with Crippen LogP contribution in [0, 0.1) is 0 Å². The Balaban J connectivity index is 2.47. The van der Waals surface area contributed by atoms with E-state index in [9.17, 15) is 0 Å². The Hall–Kier alpha value is -1.16. The highest BCUT2D eigenvalue weighted by atomic mass is 32.2. The third kappa shape index (κ3) is 5.00. The topological polar surface area (TPSA) is 36.4 Å². The lowest BCUT2D eigenvalue weighted by atomic mass is 10.2. The largest absolute Gasteiger partial charge is 0.354 e. The van der Waals surface area contributed by atoms with Crippen LogP contribution in [0.4, 0.5) is 0 Å². The minimum Gasteiger partial charge on any atom is -0.354 e. The molecule has 1 aromatic carbocycles. The zero-order chi connectivity index (χ0) is 13.4. The van der Waals surface area contributed by atoms with Gasteiger partial charge in [0, 0.05) is 24.5 Å². The second kappa shape index (κ2) is 8.03. The Morgan fingerprint density at radius 1 is 1.33 bits per heavy atom. The van der Waals surface area contributed by atoms with Crippen molar-refractivity contribution in [3.8, 4) is 0 Å². The van der Waals surface area contributed by atoms with E-state index in [1.165, 1.54) is 10.5 Å². The summed E-state index contributed by atoms with van der Waals surface area (Å²) in [6.07, 6.45) is 3.17. The molecule has 1 unspecified atom stereocenters. The third-order valence-corrected chi connectivity index (χ3v) is 3.58. The number of guanidine groups is 1. The Morgan fingerprint density at radius 2 is 2.00 bits per heavy atom. The summed E-state index contributed by atoms with van der Waals surface area (Å²) >= 11 is 1.76. The molecule has 0 amide bonds. The fourth-order valence-corrected chi connectivity index (χ4v) is 1.87. The molecule has 3 nitrogen and oxygen atoms in total. The molecule has 0 saturated heterocycles. The van der Waals surface area contributed by atoms with Crippen LogP contribution in [0.2, 0.25) is 0 Å². The van der Waals surface area contributed by atoms with E-state index >= 15 is 0 Å². The lowest BCUT2D eigenvalue weighted by molar-refractivity contribution is 0.624. The van der Waals surface area contributed by atoms with Gasteiger partial charge in [-0.15, -0.1) is 11.8 Å². The van der Waals surface area contributed by atoms with Crippen molar-refractivity contribution >= 4 is 17.7 Å². The van der Waals surface area contributed by atoms with Gasteiger partial charge in [-0.1, -0.05) is 19.1 Å². The average Bonchev–Trinajstić information content (AvgIpc) is 2.43. The van der Waals surface area contributed by atoms with Crippen molar-refractivity contribution < 1.29 is 0 Å². The van der Waals surface area contributed by atoms with Gasteiger partial charge in [0.25, 0.3) is 0 Å². The molecule has 4 heteroatoms. The Morgan fingerprint density at radius 3 is 2.50 bits per heavy atom. The number of thioether (sulfide) groups is 1. The maximum absolute atomic E-state index is 4.22. The molecule has 2 N–H and O–H groups in total. The van der Waals surface area contributed by atoms with E-state index in [1.54, 1.807) is 18.8 Å². The molecule has 18 heavy (non-hydrogen) atoms. The number of benzene rings is 1. The molecule has 0 aliphatic rings. The molecule has 0 aliphatic carbocycles. The van der Waals surface area contributed by atoms with Gasteiger partial charge in [0.15, 0.2) is 5.96 Å². The first-order valence-corrected chi connectivity index (χ1v) is 7.52. The Kier molecular flexibility index (Phi) is 6.65. The summed E-state index contributed by atoms with van der Waals surface area (Å²) < 4.78 is 0. The van der Waals surface area contributed by atoms with E-state index in [0.29, 0.717) is 6.04 Å². The zero-order valence-corrected chi connectivity index (χ0v) is 12.5. The van der Waals surface area contributed by atoms with Crippen molar-refractivity contribution in [3.05, 3.63) is 29.8 Å². The molecular formula is C14H23N3S. The number of hydrogen-bond acceptors (Lipinski definition) is 2. The fourth-order valence-electron chi connectivity index (χ4n) is 1.46. The first kappa shape index (κ1) is 14.9. The van der Waals surface area contributed by atoms with Crippen LogP contribution < -0.4 is 10.6 Å². The number of nitrogens with zero attached hydrogens (tertiary/aromatic N) is 1. The summed E-state index contributed by atoms with van der Waals surface area (Å²) in [4.78, 5) is 5.51. The SMILES string of the molecule is CCC(C)NC(=NC)NCc1ccc(SC)cc1. The molecule has 0 heterocycles. The molecular weight excluding hydrogens is 242 g/mol. The minimum atomic E-state index is 0.440. The summed E-state index contributed by atoms with van der Waals surface area (Å²) in [6.45, 7) is 5.11. The van der Waals surface area contributed by atoms with E-state index in [2.05, 4.69) is 60.0 Å². The lowest BCUT2D eigenvalue weighted by Gasteiger charge is -2.16. The molecule has 100 valence electrons. The van der Waals surface area contributed by atoms with Gasteiger partial charge in [-0.05, 0) is 37.3 Å². The van der Waals surface area contributed by atoms with Crippen LogP contribution in [0.1, 0.15) is 25.8 Å². The smallest absolute Gasteiger partial charge is 0.191 e. The van der Waals surface area contributed by atoms with Gasteiger partial charge >= 0.3 is 0 Å². The van der Waals surface area contributed by atoms with Gasteiger partial charge in [0.2, 0.25) is 0 Å². The van der Waals surface area contributed by atoms with Crippen molar-refractivity contribution in [2.75, 3.05) is 13.3 Å². The van der Waals surface area contributed by atoms with E-state index in [4.69, 9.17) is 0 Å². The maximum atomic E-state index is 4.22. The normalized spacial score (nSPS) is 13.2. The number of hydrogen-bond donors (Lipinski definition) is 2. The monoisotopic (exact) mass is 265 g/mol. The van der Waals surface area contributed by atoms with E-state index in [0.717, 1.165) is 18.9 Å². The summed E-state index contributed by atoms with van der Waals surface area (Å²) in [5.41, 5.74) is 1.26. The molecule has 1 aromatic rings. The number of nitrogens with one attached hydrogen (secondary N) is 2. The summed E-state index contributed by atoms with van der Waals surface area (Å²) in [5.74, 6) is 0.860. The second-order valence-electron chi connectivity index (χ2n) is 4.23. The van der Waals surface area contributed by atoms with Gasteiger partial charge in [0.05, 0.1) is 0 Å². The van der Waals surface area contributed by atoms with E-state index in [-0.39, 0.29) is 0 Å². The van der Waals surface area contributed by atoms with Crippen LogP contribution in [0.3, 0.4) is 0 Å². The van der Waals surface area contributed by atoms with E-state index < -0.39 is 0 Å². The van der Waals surface area contributed by atoms with Crippen LogP contribution >= 0.6 is 11.8 Å². The van der Waals surface area contributed by atoms with Gasteiger partial charge in [-0.2, -0.15) is 0 Å². The van der Waals surface area contributed by atoms with Crippen molar-refractivity contribution in [1.82, 2.24) is 10.6 Å². The minimum absolute atomic E-state index is 0.440. The standard InChI is InChI=1S/C14H23N3S/c1-5-11(2)17-14(15-3)16-10-12-6-8-13(18-4)9-7-12/h6-9,11H,5,10H2,1-4H3,(H2,15,16,17). The predicted octanol–water partition coefficient (Wildman–Crippen LogP) is 2.87. The third-order valence-electron chi connectivity index (χ3n) is 2.84. The van der Waals surface area contributed by atoms with Gasteiger partial charge < -0.3 is 10.6 Å². The second-order valence-corrected chi connectivity index (χ2v) is 5.11. The van der Waals surface area contributed by atoms with Gasteiger partial charge in [-0.3, -0.25) is 4.99 Å². The molecule has 0 aromatic heterocycles. The first-order valence-electron chi connectivity index (χ1n) is 6.29. The lowest BCUT2D eigenvalue weighted by Crippen LogP contribution is -2.41. The summed E-state index contributed by atoms with van der Waals surface area (Å²) in [5, 5.41) is 6.66. The molecule has 0 aliphatic heterocycles. The Labute approximate surface area is 114 Å². The fraction of sp³-hybridized carbons (Fsp3) is 0.500. The van der Waals surface area contributed by atoms with E-state index in [1.807, 2.05) is 0 Å². The molecule has 0 spiro atoms. The molecule has 0 radical (unpaired) electrons. The van der Waals surface area contributed by atoms with Gasteiger partial charge in [0.1, 0.15) is 0 Å². The average molecular weight is 265 g/mol. The summed E-state index contributed by atoms with van der Waals surface area (Å²) in [6, 6.07) is 9.03. The zero-order valence-electron chi connectivity index (χ0n) is 11.7. The highest BCUT2D eigenvalue weighted by Crippen LogP contribution is 2.14. The number of rotatable bonds is 5. The van der Waals surface area contributed by atoms with Crippen LogP contribution in [0.15, 0.2) is 34.2 Å². The van der Waals surface area contributed by atoms with Crippen LogP contribution in [-0.2, 0) is 6.54 Å². The quantitative estimate of drug-likeness (QED) is 0.488. The van der Waals surface area contributed by atoms with Crippen molar-refractivity contribution in [1.29, 1.82) is 0 Å². The van der Waals surface area contributed by atoms with Crippen molar-refractivity contribution in [3.63, 3.8) is 0 Å². The predicted molar refractivity (Wildman–Crippen MR) is 81.3 cm³/mol. The Bertz CT molecular complexity index is 373. The first-order chi connectivity index (χ1) is 8.69. The maximum Gasteiger partial charge on any atom is 0.191 e. The van der Waals surface area contributed by atoms with Crippen molar-refractivity contribution in [2.24, 2.45) is 4.99 Å². The van der Waals surface area contributed by atoms with Gasteiger partial charge in [-0.25, -0.2) is 0 Å². The highest BCUT2D eigenvalue weighted by molar-refractivity contribution is 7.98. The molecule has 0 saturated carbocycles. The molecule has 1 rings (SSSR count). The highest BCUT2D eigenvalue weighted by Gasteiger charge is 2.02. The van der Waals surface area contributed by atoms with Crippen LogP contribution in [0.25, 0.3) is 0 Å².